The van der Waals surface area contributed by atoms with E-state index in [4.69, 9.17) is 21.1 Å². The van der Waals surface area contributed by atoms with Crippen molar-refractivity contribution < 1.29 is 33.4 Å². The second-order valence-corrected chi connectivity index (χ2v) is 17.7. The fourth-order valence-electron chi connectivity index (χ4n) is 9.87. The summed E-state index contributed by atoms with van der Waals surface area (Å²) in [6.45, 7) is 12.5. The number of nitrogens with one attached hydrogen (secondary N) is 2. The Bertz CT molecular complexity index is 2210. The van der Waals surface area contributed by atoms with Crippen LogP contribution in [0.4, 0.5) is 5.69 Å². The summed E-state index contributed by atoms with van der Waals surface area (Å²) >= 11 is 6.25. The standard InChI is InChI=1S/C44H47ClN6O7/c1-43(2)41(44(3,4)42(43)58-31-10-7-27(23-46)34(45)22-31)48-37(53)26-5-8-28(9-6-26)49-15-17-50(18-16-49)29-19-25(20-29)24-57-30-11-12-32-33(21-30)40(56)51(39(32)55)35-13-14-36(52)47-38(35)54/h5-12,21-22,25,29,35,41-42H,13-20,24H2,1-4H3,(H,48,53)(H,47,52,54)/t25-,29+,35?,41?,42?. The summed E-state index contributed by atoms with van der Waals surface area (Å²) in [5, 5.41) is 15.0. The van der Waals surface area contributed by atoms with Gasteiger partial charge < -0.3 is 19.7 Å². The Morgan fingerprint density at radius 3 is 2.22 bits per heavy atom. The van der Waals surface area contributed by atoms with Crippen LogP contribution in [-0.2, 0) is 9.59 Å². The molecule has 58 heavy (non-hydrogen) atoms. The van der Waals surface area contributed by atoms with Crippen molar-refractivity contribution in [2.75, 3.05) is 37.7 Å². The van der Waals surface area contributed by atoms with Crippen molar-refractivity contribution in [1.82, 2.24) is 20.4 Å². The molecule has 13 nitrogen and oxygen atoms in total. The van der Waals surface area contributed by atoms with Crippen molar-refractivity contribution in [3.63, 3.8) is 0 Å². The highest BCUT2D eigenvalue weighted by Crippen LogP contribution is 2.55. The average Bonchev–Trinajstić information content (AvgIpc) is 3.43. The second-order valence-electron chi connectivity index (χ2n) is 17.3. The molecule has 1 unspecified atom stereocenters. The van der Waals surface area contributed by atoms with Gasteiger partial charge in [0.15, 0.2) is 0 Å². The predicted octanol–water partition coefficient (Wildman–Crippen LogP) is 5.20. The minimum Gasteiger partial charge on any atom is -0.493 e. The number of carbonyl (C=O) groups excluding carboxylic acids is 5. The van der Waals surface area contributed by atoms with Crippen molar-refractivity contribution in [3.05, 3.63) is 87.9 Å². The molecule has 8 rings (SSSR count). The molecule has 2 saturated heterocycles. The number of anilines is 1. The number of hydrogen-bond acceptors (Lipinski definition) is 10. The second kappa shape index (κ2) is 15.1. The first-order chi connectivity index (χ1) is 27.6. The van der Waals surface area contributed by atoms with Gasteiger partial charge in [-0.25, -0.2) is 0 Å². The summed E-state index contributed by atoms with van der Waals surface area (Å²) in [6.07, 6.45) is 2.03. The van der Waals surface area contributed by atoms with E-state index in [0.717, 1.165) is 49.6 Å². The molecule has 4 fully saturated rings. The van der Waals surface area contributed by atoms with Gasteiger partial charge in [0, 0.05) is 72.8 Å². The van der Waals surface area contributed by atoms with Gasteiger partial charge in [-0.1, -0.05) is 39.3 Å². The molecule has 3 aromatic carbocycles. The van der Waals surface area contributed by atoms with Crippen LogP contribution in [0.1, 0.15) is 90.0 Å². The summed E-state index contributed by atoms with van der Waals surface area (Å²) in [7, 11) is 0. The number of carbonyl (C=O) groups is 5. The molecular weight excluding hydrogens is 760 g/mol. The highest BCUT2D eigenvalue weighted by atomic mass is 35.5. The average molecular weight is 807 g/mol. The first-order valence-electron chi connectivity index (χ1n) is 19.9. The zero-order valence-corrected chi connectivity index (χ0v) is 33.8. The number of benzene rings is 3. The van der Waals surface area contributed by atoms with E-state index in [-0.39, 0.29) is 52.9 Å². The largest absolute Gasteiger partial charge is 0.493 e. The smallest absolute Gasteiger partial charge is 0.262 e. The van der Waals surface area contributed by atoms with Crippen molar-refractivity contribution in [1.29, 1.82) is 5.26 Å². The molecule has 0 bridgehead atoms. The third kappa shape index (κ3) is 7.06. The van der Waals surface area contributed by atoms with Gasteiger partial charge in [-0.15, -0.1) is 0 Å². The lowest BCUT2D eigenvalue weighted by molar-refractivity contribution is -0.164. The topological polar surface area (TPSA) is 161 Å². The van der Waals surface area contributed by atoms with Gasteiger partial charge in [0.05, 0.1) is 28.3 Å². The monoisotopic (exact) mass is 806 g/mol. The van der Waals surface area contributed by atoms with Gasteiger partial charge in [0.2, 0.25) is 11.8 Å². The van der Waals surface area contributed by atoms with Crippen LogP contribution in [0.2, 0.25) is 5.02 Å². The van der Waals surface area contributed by atoms with Gasteiger partial charge in [-0.05, 0) is 79.8 Å². The molecule has 2 aliphatic carbocycles. The molecule has 0 radical (unpaired) electrons. The van der Waals surface area contributed by atoms with E-state index >= 15 is 0 Å². The highest BCUT2D eigenvalue weighted by Gasteiger charge is 2.64. The summed E-state index contributed by atoms with van der Waals surface area (Å²) in [4.78, 5) is 69.4. The first kappa shape index (κ1) is 39.4. The summed E-state index contributed by atoms with van der Waals surface area (Å²) < 4.78 is 12.5. The van der Waals surface area contributed by atoms with Gasteiger partial charge in [0.1, 0.15) is 29.7 Å². The van der Waals surface area contributed by atoms with Crippen LogP contribution < -0.4 is 25.0 Å². The number of rotatable bonds is 10. The Balaban J connectivity index is 0.776. The fourth-order valence-corrected chi connectivity index (χ4v) is 10.1. The van der Waals surface area contributed by atoms with E-state index in [9.17, 15) is 29.2 Å². The van der Waals surface area contributed by atoms with E-state index in [2.05, 4.69) is 54.2 Å². The number of fused-ring (bicyclic) bond motifs is 1. The van der Waals surface area contributed by atoms with E-state index < -0.39 is 29.7 Å². The number of amides is 5. The Morgan fingerprint density at radius 2 is 1.57 bits per heavy atom. The lowest BCUT2D eigenvalue weighted by atomic mass is 9.49. The molecule has 5 aliphatic rings. The van der Waals surface area contributed by atoms with Crippen molar-refractivity contribution in [2.24, 2.45) is 16.7 Å². The lowest BCUT2D eigenvalue weighted by Gasteiger charge is -2.63. The van der Waals surface area contributed by atoms with E-state index in [0.29, 0.717) is 46.2 Å². The van der Waals surface area contributed by atoms with Crippen molar-refractivity contribution >= 4 is 46.8 Å². The number of nitrogens with zero attached hydrogens (tertiary/aromatic N) is 4. The number of hydrogen-bond donors (Lipinski definition) is 2. The summed E-state index contributed by atoms with van der Waals surface area (Å²) in [5.41, 5.74) is 1.82. The Kier molecular flexibility index (Phi) is 10.2. The number of imide groups is 2. The maximum atomic E-state index is 13.5. The molecule has 302 valence electrons. The molecule has 3 aliphatic heterocycles. The van der Waals surface area contributed by atoms with Crippen LogP contribution in [0, 0.1) is 28.1 Å². The maximum Gasteiger partial charge on any atom is 0.262 e. The Labute approximate surface area is 342 Å². The molecule has 2 saturated carbocycles. The molecule has 3 aromatic rings. The number of piperidine rings is 1. The molecule has 0 aromatic heterocycles. The van der Waals surface area contributed by atoms with E-state index in [1.54, 1.807) is 36.4 Å². The number of halogens is 1. The fraction of sp³-hybridized carbons (Fsp3) is 0.455. The molecule has 1 atom stereocenters. The molecule has 0 spiro atoms. The number of ether oxygens (including phenoxy) is 2. The van der Waals surface area contributed by atoms with E-state index in [1.807, 2.05) is 24.3 Å². The molecule has 14 heteroatoms. The van der Waals surface area contributed by atoms with Gasteiger partial charge in [-0.3, -0.25) is 39.1 Å². The van der Waals surface area contributed by atoms with Crippen LogP contribution in [0.15, 0.2) is 60.7 Å². The molecule has 2 N–H and O–H groups in total. The number of nitriles is 1. The Hall–Kier alpha value is -5.45. The maximum absolute atomic E-state index is 13.5. The highest BCUT2D eigenvalue weighted by molar-refractivity contribution is 6.31. The Morgan fingerprint density at radius 1 is 0.897 bits per heavy atom. The third-order valence-electron chi connectivity index (χ3n) is 12.9. The normalized spacial score (nSPS) is 26.2. The van der Waals surface area contributed by atoms with Gasteiger partial charge in [0.25, 0.3) is 17.7 Å². The predicted molar refractivity (Wildman–Crippen MR) is 215 cm³/mol. The first-order valence-corrected chi connectivity index (χ1v) is 20.3. The van der Waals surface area contributed by atoms with E-state index in [1.165, 1.54) is 0 Å². The summed E-state index contributed by atoms with van der Waals surface area (Å²) in [6, 6.07) is 19.2. The SMILES string of the molecule is CC1(C)C(NC(=O)c2ccc(N3CCN([C@H]4C[C@@H](COc5ccc6c(c5)C(=O)N(C5CCC(=O)NC5=O)C6=O)C4)CC3)cc2)C(C)(C)C1Oc1ccc(C#N)c(Cl)c1. The minimum atomic E-state index is -0.999. The minimum absolute atomic E-state index is 0.0741. The van der Waals surface area contributed by atoms with Crippen LogP contribution in [0.3, 0.4) is 0 Å². The molecule has 3 heterocycles. The van der Waals surface area contributed by atoms with Crippen LogP contribution in [-0.4, -0.2) is 96.4 Å². The quantitative estimate of drug-likeness (QED) is 0.261. The summed E-state index contributed by atoms with van der Waals surface area (Å²) in [5.74, 6) is -0.761. The lowest BCUT2D eigenvalue weighted by Crippen LogP contribution is -2.74. The van der Waals surface area contributed by atoms with Crippen LogP contribution in [0.25, 0.3) is 0 Å². The van der Waals surface area contributed by atoms with Gasteiger partial charge in [-0.2, -0.15) is 5.26 Å². The zero-order chi connectivity index (χ0) is 41.1. The van der Waals surface area contributed by atoms with Crippen molar-refractivity contribution in [3.8, 4) is 17.6 Å². The van der Waals surface area contributed by atoms with Crippen molar-refractivity contribution in [2.45, 2.75) is 77.6 Å². The van der Waals surface area contributed by atoms with Crippen LogP contribution in [0.5, 0.6) is 11.5 Å². The number of piperazine rings is 1. The molecular formula is C44H47ClN6O7. The van der Waals surface area contributed by atoms with Gasteiger partial charge >= 0.3 is 0 Å². The third-order valence-corrected chi connectivity index (χ3v) is 13.2. The zero-order valence-electron chi connectivity index (χ0n) is 33.0. The van der Waals surface area contributed by atoms with Crippen LogP contribution >= 0.6 is 11.6 Å². The molecule has 5 amide bonds.